The maximum Gasteiger partial charge on any atom is 0.262 e. The van der Waals surface area contributed by atoms with Gasteiger partial charge in [0.05, 0.1) is 24.3 Å². The van der Waals surface area contributed by atoms with Crippen LogP contribution in [-0.2, 0) is 16.1 Å². The van der Waals surface area contributed by atoms with Crippen LogP contribution < -0.4 is 5.32 Å². The van der Waals surface area contributed by atoms with E-state index in [0.717, 1.165) is 43.3 Å². The number of hydrogen-bond donors (Lipinski definition) is 1. The Kier molecular flexibility index (Phi) is 6.67. The van der Waals surface area contributed by atoms with Crippen molar-refractivity contribution < 1.29 is 19.1 Å². The molecule has 0 aliphatic carbocycles. The third-order valence-electron chi connectivity index (χ3n) is 5.84. The molecule has 2 aliphatic rings. The summed E-state index contributed by atoms with van der Waals surface area (Å²) in [5.41, 5.74) is 2.45. The summed E-state index contributed by atoms with van der Waals surface area (Å²) in [6, 6.07) is 13.6. The van der Waals surface area contributed by atoms with E-state index < -0.39 is 17.9 Å². The molecule has 0 bridgehead atoms. The summed E-state index contributed by atoms with van der Waals surface area (Å²) in [4.78, 5) is 42.7. The molecule has 0 saturated carbocycles. The number of benzene rings is 2. The van der Waals surface area contributed by atoms with Crippen LogP contribution in [0.5, 0.6) is 0 Å². The van der Waals surface area contributed by atoms with Crippen LogP contribution in [-0.4, -0.2) is 59.9 Å². The minimum atomic E-state index is -0.870. The minimum absolute atomic E-state index is 0.128. The molecule has 4 rings (SSSR count). The van der Waals surface area contributed by atoms with Crippen LogP contribution >= 0.6 is 0 Å². The van der Waals surface area contributed by atoms with E-state index in [1.54, 1.807) is 24.3 Å². The number of amides is 3. The van der Waals surface area contributed by atoms with Crippen molar-refractivity contribution in [3.8, 4) is 0 Å². The summed E-state index contributed by atoms with van der Waals surface area (Å²) < 4.78 is 5.40. The summed E-state index contributed by atoms with van der Waals surface area (Å²) >= 11 is 0. The Balaban J connectivity index is 1.51. The second-order valence-electron chi connectivity index (χ2n) is 8.75. The zero-order valence-corrected chi connectivity index (χ0v) is 18.5. The Morgan fingerprint density at radius 1 is 1.00 bits per heavy atom. The van der Waals surface area contributed by atoms with Crippen LogP contribution in [0.3, 0.4) is 0 Å². The molecule has 1 saturated heterocycles. The first-order chi connectivity index (χ1) is 15.4. The molecular weight excluding hydrogens is 406 g/mol. The van der Waals surface area contributed by atoms with Crippen molar-refractivity contribution in [1.82, 2.24) is 9.80 Å². The summed E-state index contributed by atoms with van der Waals surface area (Å²) in [6.07, 6.45) is 0.394. The number of imide groups is 1. The van der Waals surface area contributed by atoms with Crippen molar-refractivity contribution in [2.75, 3.05) is 31.6 Å². The Bertz CT molecular complexity index is 979. The number of morpholine rings is 1. The van der Waals surface area contributed by atoms with Gasteiger partial charge in [-0.2, -0.15) is 0 Å². The predicted molar refractivity (Wildman–Crippen MR) is 121 cm³/mol. The van der Waals surface area contributed by atoms with E-state index >= 15 is 0 Å². The number of nitrogens with zero attached hydrogens (tertiary/aromatic N) is 2. The largest absolute Gasteiger partial charge is 0.379 e. The normalized spacial score (nSPS) is 17.5. The van der Waals surface area contributed by atoms with Crippen molar-refractivity contribution in [2.45, 2.75) is 32.9 Å². The van der Waals surface area contributed by atoms with Gasteiger partial charge in [0, 0.05) is 25.3 Å². The van der Waals surface area contributed by atoms with Gasteiger partial charge in [0.25, 0.3) is 11.8 Å². The molecule has 1 fully saturated rings. The second kappa shape index (κ2) is 9.63. The standard InChI is InChI=1S/C25H29N3O4/c1-17(2)14-22(28-24(30)20-8-3-4-9-21(20)25(28)31)23(29)26-19-7-5-6-18(15-19)16-27-10-12-32-13-11-27/h3-9,15,17,22H,10-14,16H2,1-2H3,(H,26,29)/t22-/m0/s1. The van der Waals surface area contributed by atoms with Crippen molar-refractivity contribution >= 4 is 23.4 Å². The molecule has 0 aromatic heterocycles. The fourth-order valence-corrected chi connectivity index (χ4v) is 4.26. The molecule has 7 heteroatoms. The fourth-order valence-electron chi connectivity index (χ4n) is 4.26. The van der Waals surface area contributed by atoms with E-state index in [4.69, 9.17) is 4.74 Å². The van der Waals surface area contributed by atoms with Gasteiger partial charge in [-0.05, 0) is 42.2 Å². The fraction of sp³-hybridized carbons (Fsp3) is 0.400. The van der Waals surface area contributed by atoms with E-state index in [-0.39, 0.29) is 11.8 Å². The lowest BCUT2D eigenvalue weighted by atomic mass is 10.0. The van der Waals surface area contributed by atoms with Crippen LogP contribution in [0.1, 0.15) is 46.5 Å². The number of carbonyl (C=O) groups excluding carboxylic acids is 3. The lowest BCUT2D eigenvalue weighted by Gasteiger charge is -2.27. The van der Waals surface area contributed by atoms with Crippen LogP contribution in [0.15, 0.2) is 48.5 Å². The molecule has 1 N–H and O–H groups in total. The molecule has 1 atom stereocenters. The first-order valence-corrected chi connectivity index (χ1v) is 11.1. The van der Waals surface area contributed by atoms with Crippen molar-refractivity contribution in [2.24, 2.45) is 5.92 Å². The third-order valence-corrected chi connectivity index (χ3v) is 5.84. The number of fused-ring (bicyclic) bond motifs is 1. The van der Waals surface area contributed by atoms with Crippen LogP contribution in [0, 0.1) is 5.92 Å². The molecule has 32 heavy (non-hydrogen) atoms. The molecule has 7 nitrogen and oxygen atoms in total. The smallest absolute Gasteiger partial charge is 0.262 e. The summed E-state index contributed by atoms with van der Waals surface area (Å²) in [7, 11) is 0. The maximum atomic E-state index is 13.3. The van der Waals surface area contributed by atoms with Gasteiger partial charge in [-0.3, -0.25) is 24.2 Å². The zero-order valence-electron chi connectivity index (χ0n) is 18.5. The first-order valence-electron chi connectivity index (χ1n) is 11.1. The van der Waals surface area contributed by atoms with Crippen LogP contribution in [0.25, 0.3) is 0 Å². The monoisotopic (exact) mass is 435 g/mol. The quantitative estimate of drug-likeness (QED) is 0.676. The Labute approximate surface area is 188 Å². The lowest BCUT2D eigenvalue weighted by Crippen LogP contribution is -2.48. The number of hydrogen-bond acceptors (Lipinski definition) is 5. The molecule has 0 spiro atoms. The van der Waals surface area contributed by atoms with E-state index in [2.05, 4.69) is 10.2 Å². The molecular formula is C25H29N3O4. The van der Waals surface area contributed by atoms with E-state index in [1.165, 1.54) is 0 Å². The molecule has 2 aromatic rings. The molecule has 0 unspecified atom stereocenters. The summed E-state index contributed by atoms with van der Waals surface area (Å²) in [5, 5.41) is 2.94. The van der Waals surface area contributed by atoms with Gasteiger partial charge in [0.2, 0.25) is 5.91 Å². The van der Waals surface area contributed by atoms with E-state index in [9.17, 15) is 14.4 Å². The maximum absolute atomic E-state index is 13.3. The minimum Gasteiger partial charge on any atom is -0.379 e. The van der Waals surface area contributed by atoms with Crippen molar-refractivity contribution in [3.05, 3.63) is 65.2 Å². The van der Waals surface area contributed by atoms with Gasteiger partial charge in [-0.25, -0.2) is 0 Å². The average molecular weight is 436 g/mol. The highest BCUT2D eigenvalue weighted by Gasteiger charge is 2.42. The van der Waals surface area contributed by atoms with E-state index in [1.807, 2.05) is 38.1 Å². The highest BCUT2D eigenvalue weighted by atomic mass is 16.5. The summed E-state index contributed by atoms with van der Waals surface area (Å²) in [5.74, 6) is -1.04. The van der Waals surface area contributed by atoms with Gasteiger partial charge < -0.3 is 10.1 Å². The third kappa shape index (κ3) is 4.74. The number of nitrogens with one attached hydrogen (secondary N) is 1. The topological polar surface area (TPSA) is 79.0 Å². The first kappa shape index (κ1) is 22.2. The molecule has 0 radical (unpaired) electrons. The van der Waals surface area contributed by atoms with Gasteiger partial charge in [-0.15, -0.1) is 0 Å². The number of rotatable bonds is 7. The molecule has 3 amide bonds. The SMILES string of the molecule is CC(C)C[C@@H](C(=O)Nc1cccc(CN2CCOCC2)c1)N1C(=O)c2ccccc2C1=O. The van der Waals surface area contributed by atoms with Gasteiger partial charge in [-0.1, -0.05) is 38.1 Å². The predicted octanol–water partition coefficient (Wildman–Crippen LogP) is 3.17. The zero-order chi connectivity index (χ0) is 22.7. The highest BCUT2D eigenvalue weighted by Crippen LogP contribution is 2.27. The molecule has 2 aliphatic heterocycles. The molecule has 2 heterocycles. The van der Waals surface area contributed by atoms with Crippen molar-refractivity contribution in [1.29, 1.82) is 0 Å². The second-order valence-corrected chi connectivity index (χ2v) is 8.75. The van der Waals surface area contributed by atoms with Gasteiger partial charge >= 0.3 is 0 Å². The Hall–Kier alpha value is -3.03. The van der Waals surface area contributed by atoms with Crippen LogP contribution in [0.2, 0.25) is 0 Å². The average Bonchev–Trinajstić information content (AvgIpc) is 3.03. The number of ether oxygens (including phenoxy) is 1. The van der Waals surface area contributed by atoms with Crippen molar-refractivity contribution in [3.63, 3.8) is 0 Å². The molecule has 168 valence electrons. The van der Waals surface area contributed by atoms with Crippen LogP contribution in [0.4, 0.5) is 5.69 Å². The Morgan fingerprint density at radius 3 is 2.28 bits per heavy atom. The number of carbonyl (C=O) groups is 3. The van der Waals surface area contributed by atoms with Gasteiger partial charge in [0.15, 0.2) is 0 Å². The lowest BCUT2D eigenvalue weighted by molar-refractivity contribution is -0.120. The highest BCUT2D eigenvalue weighted by molar-refractivity contribution is 6.23. The van der Waals surface area contributed by atoms with E-state index in [0.29, 0.717) is 23.2 Å². The molecule has 2 aromatic carbocycles. The summed E-state index contributed by atoms with van der Waals surface area (Å²) in [6.45, 7) is 7.95. The Morgan fingerprint density at radius 2 is 1.66 bits per heavy atom. The van der Waals surface area contributed by atoms with Gasteiger partial charge in [0.1, 0.15) is 6.04 Å². The number of anilines is 1.